The molecule has 20 heavy (non-hydrogen) atoms. The molecule has 1 aliphatic rings. The first-order chi connectivity index (χ1) is 9.56. The van der Waals surface area contributed by atoms with Gasteiger partial charge in [0.2, 0.25) is 0 Å². The largest absolute Gasteiger partial charge is 0.335 e. The fraction of sp³-hybridized carbons (Fsp3) is 0.733. The number of nitrogens with zero attached hydrogens (tertiary/aromatic N) is 2. The van der Waals surface area contributed by atoms with Gasteiger partial charge in [-0.25, -0.2) is 9.78 Å². The summed E-state index contributed by atoms with van der Waals surface area (Å²) in [5.74, 6) is 2.06. The molecule has 0 aromatic carbocycles. The lowest BCUT2D eigenvalue weighted by Crippen LogP contribution is -2.43. The van der Waals surface area contributed by atoms with Crippen molar-refractivity contribution in [2.45, 2.75) is 59.2 Å². The summed E-state index contributed by atoms with van der Waals surface area (Å²) in [6.07, 6.45) is 7.27. The van der Waals surface area contributed by atoms with Crippen LogP contribution in [0.25, 0.3) is 0 Å². The van der Waals surface area contributed by atoms with Gasteiger partial charge in [0.25, 0.3) is 0 Å². The van der Waals surface area contributed by atoms with Crippen LogP contribution in [0.1, 0.15) is 45.9 Å². The second kappa shape index (κ2) is 6.77. The van der Waals surface area contributed by atoms with Crippen LogP contribution in [-0.2, 0) is 13.1 Å². The van der Waals surface area contributed by atoms with Gasteiger partial charge in [0.1, 0.15) is 5.82 Å². The van der Waals surface area contributed by atoms with Crippen LogP contribution in [0.3, 0.4) is 0 Å². The third kappa shape index (κ3) is 3.99. The highest BCUT2D eigenvalue weighted by molar-refractivity contribution is 5.74. The number of hydrogen-bond donors (Lipinski definition) is 2. The molecule has 1 aromatic rings. The minimum Gasteiger partial charge on any atom is -0.335 e. The van der Waals surface area contributed by atoms with E-state index in [1.165, 1.54) is 12.8 Å². The summed E-state index contributed by atoms with van der Waals surface area (Å²) in [7, 11) is 0. The maximum atomic E-state index is 11.9. The van der Waals surface area contributed by atoms with Gasteiger partial charge in [-0.15, -0.1) is 0 Å². The van der Waals surface area contributed by atoms with Crippen LogP contribution in [0.2, 0.25) is 0 Å². The van der Waals surface area contributed by atoms with E-state index >= 15 is 0 Å². The highest BCUT2D eigenvalue weighted by Crippen LogP contribution is 2.24. The summed E-state index contributed by atoms with van der Waals surface area (Å²) >= 11 is 0. The van der Waals surface area contributed by atoms with E-state index in [1.807, 2.05) is 6.20 Å². The standard InChI is InChI=1S/C15H26N4O/c1-11(2)10-19-8-7-16-14(19)9-17-15(20)18-13-6-4-5-12(13)3/h7-8,11-13H,4-6,9-10H2,1-3H3,(H2,17,18,20). The molecule has 5 nitrogen and oxygen atoms in total. The molecule has 0 spiro atoms. The number of carbonyl (C=O) groups excluding carboxylic acids is 1. The molecule has 2 unspecified atom stereocenters. The van der Waals surface area contributed by atoms with Crippen LogP contribution < -0.4 is 10.6 Å². The Kier molecular flexibility index (Phi) is 5.04. The van der Waals surface area contributed by atoms with Gasteiger partial charge in [0.05, 0.1) is 6.54 Å². The van der Waals surface area contributed by atoms with Crippen molar-refractivity contribution >= 4 is 6.03 Å². The molecule has 2 atom stereocenters. The Morgan fingerprint density at radius 1 is 1.50 bits per heavy atom. The number of imidazole rings is 1. The van der Waals surface area contributed by atoms with E-state index in [2.05, 4.69) is 41.0 Å². The Balaban J connectivity index is 1.80. The number of nitrogens with one attached hydrogen (secondary N) is 2. The Bertz CT molecular complexity index is 441. The molecule has 1 saturated carbocycles. The Labute approximate surface area is 121 Å². The normalized spacial score (nSPS) is 22.2. The third-order valence-corrected chi connectivity index (χ3v) is 3.95. The molecule has 5 heteroatoms. The fourth-order valence-electron chi connectivity index (χ4n) is 2.81. The number of hydrogen-bond acceptors (Lipinski definition) is 2. The van der Waals surface area contributed by atoms with E-state index in [9.17, 15) is 4.79 Å². The van der Waals surface area contributed by atoms with Crippen LogP contribution >= 0.6 is 0 Å². The van der Waals surface area contributed by atoms with Crippen molar-refractivity contribution in [2.24, 2.45) is 11.8 Å². The van der Waals surface area contributed by atoms with E-state index < -0.39 is 0 Å². The molecule has 0 bridgehead atoms. The predicted octanol–water partition coefficient (Wildman–Crippen LogP) is 2.53. The van der Waals surface area contributed by atoms with Crippen molar-refractivity contribution in [1.82, 2.24) is 20.2 Å². The maximum Gasteiger partial charge on any atom is 0.315 e. The quantitative estimate of drug-likeness (QED) is 0.869. The van der Waals surface area contributed by atoms with Crippen LogP contribution in [-0.4, -0.2) is 21.6 Å². The Morgan fingerprint density at radius 3 is 2.95 bits per heavy atom. The smallest absolute Gasteiger partial charge is 0.315 e. The average Bonchev–Trinajstić information content (AvgIpc) is 2.97. The SMILES string of the molecule is CC(C)Cn1ccnc1CNC(=O)NC1CCCC1C. The minimum absolute atomic E-state index is 0.0807. The molecule has 112 valence electrons. The lowest BCUT2D eigenvalue weighted by atomic mass is 10.1. The fourth-order valence-corrected chi connectivity index (χ4v) is 2.81. The minimum atomic E-state index is -0.0807. The van der Waals surface area contributed by atoms with Gasteiger partial charge < -0.3 is 15.2 Å². The van der Waals surface area contributed by atoms with Crippen LogP contribution in [0.4, 0.5) is 4.79 Å². The molecule has 0 saturated heterocycles. The molecule has 2 N–H and O–H groups in total. The van der Waals surface area contributed by atoms with Crippen molar-refractivity contribution in [2.75, 3.05) is 0 Å². The first kappa shape index (κ1) is 14.9. The number of amides is 2. The molecular formula is C15H26N4O. The highest BCUT2D eigenvalue weighted by Gasteiger charge is 2.24. The van der Waals surface area contributed by atoms with Gasteiger partial charge in [-0.1, -0.05) is 27.2 Å². The monoisotopic (exact) mass is 278 g/mol. The number of urea groups is 1. The average molecular weight is 278 g/mol. The van der Waals surface area contributed by atoms with Gasteiger partial charge >= 0.3 is 6.03 Å². The van der Waals surface area contributed by atoms with Crippen molar-refractivity contribution in [3.05, 3.63) is 18.2 Å². The molecule has 1 heterocycles. The van der Waals surface area contributed by atoms with E-state index in [4.69, 9.17) is 0 Å². The molecule has 1 fully saturated rings. The molecule has 1 aliphatic carbocycles. The molecule has 0 aliphatic heterocycles. The summed E-state index contributed by atoms with van der Waals surface area (Å²) in [4.78, 5) is 16.2. The molecule has 2 amide bonds. The number of rotatable bonds is 5. The van der Waals surface area contributed by atoms with Crippen molar-refractivity contribution < 1.29 is 4.79 Å². The zero-order valence-electron chi connectivity index (χ0n) is 12.7. The topological polar surface area (TPSA) is 59.0 Å². The van der Waals surface area contributed by atoms with Crippen molar-refractivity contribution in [3.8, 4) is 0 Å². The Hall–Kier alpha value is -1.52. The lowest BCUT2D eigenvalue weighted by molar-refractivity contribution is 0.233. The van der Waals surface area contributed by atoms with E-state index in [1.54, 1.807) is 6.20 Å². The van der Waals surface area contributed by atoms with Gasteiger partial charge in [0, 0.05) is 25.0 Å². The third-order valence-electron chi connectivity index (χ3n) is 3.95. The van der Waals surface area contributed by atoms with E-state index in [0.717, 1.165) is 18.8 Å². The first-order valence-electron chi connectivity index (χ1n) is 7.60. The van der Waals surface area contributed by atoms with E-state index in [0.29, 0.717) is 24.4 Å². The Morgan fingerprint density at radius 2 is 2.30 bits per heavy atom. The van der Waals surface area contributed by atoms with Gasteiger partial charge in [0.15, 0.2) is 0 Å². The zero-order valence-corrected chi connectivity index (χ0v) is 12.7. The molecular weight excluding hydrogens is 252 g/mol. The number of aromatic nitrogens is 2. The molecule has 1 aromatic heterocycles. The second-order valence-electron chi connectivity index (χ2n) is 6.23. The summed E-state index contributed by atoms with van der Waals surface area (Å²) in [6.45, 7) is 7.95. The van der Waals surface area contributed by atoms with Gasteiger partial charge in [-0.2, -0.15) is 0 Å². The van der Waals surface area contributed by atoms with Crippen LogP contribution in [0.5, 0.6) is 0 Å². The second-order valence-corrected chi connectivity index (χ2v) is 6.23. The van der Waals surface area contributed by atoms with Crippen molar-refractivity contribution in [3.63, 3.8) is 0 Å². The van der Waals surface area contributed by atoms with Crippen LogP contribution in [0.15, 0.2) is 12.4 Å². The summed E-state index contributed by atoms with van der Waals surface area (Å²) in [5, 5.41) is 5.98. The summed E-state index contributed by atoms with van der Waals surface area (Å²) < 4.78 is 2.10. The number of carbonyl (C=O) groups is 1. The summed E-state index contributed by atoms with van der Waals surface area (Å²) in [6, 6.07) is 0.244. The molecule has 2 rings (SSSR count). The highest BCUT2D eigenvalue weighted by atomic mass is 16.2. The maximum absolute atomic E-state index is 11.9. The first-order valence-corrected chi connectivity index (χ1v) is 7.60. The van der Waals surface area contributed by atoms with Crippen LogP contribution in [0, 0.1) is 11.8 Å². The predicted molar refractivity (Wildman–Crippen MR) is 79.2 cm³/mol. The summed E-state index contributed by atoms with van der Waals surface area (Å²) in [5.41, 5.74) is 0. The zero-order chi connectivity index (χ0) is 14.5. The van der Waals surface area contributed by atoms with Gasteiger partial charge in [-0.3, -0.25) is 0 Å². The molecule has 0 radical (unpaired) electrons. The van der Waals surface area contributed by atoms with Crippen molar-refractivity contribution in [1.29, 1.82) is 0 Å². The van der Waals surface area contributed by atoms with E-state index in [-0.39, 0.29) is 6.03 Å². The lowest BCUT2D eigenvalue weighted by Gasteiger charge is -2.18. The van der Waals surface area contributed by atoms with Gasteiger partial charge in [-0.05, 0) is 24.7 Å².